The maximum absolute atomic E-state index is 13.6. The molecule has 2 rings (SSSR count). The topological polar surface area (TPSA) is 55.8 Å². The third-order valence-electron chi connectivity index (χ3n) is 3.37. The molecule has 0 radical (unpaired) electrons. The molecular formula is C14H18BFO4. The van der Waals surface area contributed by atoms with Gasteiger partial charge in [-0.25, -0.2) is 9.18 Å². The number of carboxylic acid groups (broad SMARTS) is 1. The molecule has 0 aromatic heterocycles. The number of halogens is 1. The van der Waals surface area contributed by atoms with Crippen LogP contribution in [0.1, 0.15) is 43.0 Å². The van der Waals surface area contributed by atoms with E-state index in [0.29, 0.717) is 12.1 Å². The normalized spacial score (nSPS) is 18.5. The maximum Gasteiger partial charge on any atom is 0.494 e. The van der Waals surface area contributed by atoms with Gasteiger partial charge in [0.25, 0.3) is 0 Å². The fourth-order valence-electron chi connectivity index (χ4n) is 2.25. The number of aromatic carboxylic acids is 1. The monoisotopic (exact) mass is 280 g/mol. The highest BCUT2D eigenvalue weighted by molar-refractivity contribution is 6.61. The van der Waals surface area contributed by atoms with Gasteiger partial charge in [0.1, 0.15) is 5.82 Å². The summed E-state index contributed by atoms with van der Waals surface area (Å²) in [6, 6.07) is 3.94. The van der Waals surface area contributed by atoms with Gasteiger partial charge in [0.05, 0.1) is 18.3 Å². The van der Waals surface area contributed by atoms with Gasteiger partial charge in [-0.3, -0.25) is 0 Å². The van der Waals surface area contributed by atoms with Crippen LogP contribution >= 0.6 is 0 Å². The second-order valence-corrected chi connectivity index (χ2v) is 4.96. The van der Waals surface area contributed by atoms with E-state index in [4.69, 9.17) is 14.4 Å². The summed E-state index contributed by atoms with van der Waals surface area (Å²) in [5, 5.41) is 8.78. The molecule has 0 bridgehead atoms. The molecule has 1 aliphatic rings. The van der Waals surface area contributed by atoms with E-state index in [2.05, 4.69) is 6.92 Å². The largest absolute Gasteiger partial charge is 0.494 e. The third kappa shape index (κ3) is 3.58. The molecule has 6 heteroatoms. The summed E-state index contributed by atoms with van der Waals surface area (Å²) in [4.78, 5) is 10.8. The van der Waals surface area contributed by atoms with E-state index >= 15 is 0 Å². The van der Waals surface area contributed by atoms with Crippen molar-refractivity contribution in [2.75, 3.05) is 6.61 Å². The third-order valence-corrected chi connectivity index (χ3v) is 3.37. The minimum atomic E-state index is -1.28. The van der Waals surface area contributed by atoms with Crippen LogP contribution < -0.4 is 5.46 Å². The van der Waals surface area contributed by atoms with Crippen molar-refractivity contribution in [3.05, 3.63) is 29.6 Å². The molecule has 1 fully saturated rings. The predicted molar refractivity (Wildman–Crippen MR) is 73.7 cm³/mol. The lowest BCUT2D eigenvalue weighted by atomic mass is 9.79. The van der Waals surface area contributed by atoms with Crippen LogP contribution in [0.5, 0.6) is 0 Å². The number of rotatable bonds is 6. The number of hydrogen-bond acceptors (Lipinski definition) is 3. The van der Waals surface area contributed by atoms with E-state index in [1.807, 2.05) is 0 Å². The summed E-state index contributed by atoms with van der Waals surface area (Å²) in [5.74, 6) is -2.05. The molecular weight excluding hydrogens is 262 g/mol. The smallest absolute Gasteiger partial charge is 0.478 e. The van der Waals surface area contributed by atoms with Crippen LogP contribution in [0.4, 0.5) is 4.39 Å². The zero-order valence-electron chi connectivity index (χ0n) is 11.5. The second kappa shape index (κ2) is 6.86. The van der Waals surface area contributed by atoms with Gasteiger partial charge in [-0.1, -0.05) is 32.3 Å². The van der Waals surface area contributed by atoms with Crippen molar-refractivity contribution in [1.29, 1.82) is 0 Å². The summed E-state index contributed by atoms with van der Waals surface area (Å²) >= 11 is 0. The highest BCUT2D eigenvalue weighted by atomic mass is 19.1. The van der Waals surface area contributed by atoms with E-state index < -0.39 is 18.9 Å². The molecule has 20 heavy (non-hydrogen) atoms. The van der Waals surface area contributed by atoms with Gasteiger partial charge in [-0.15, -0.1) is 0 Å². The van der Waals surface area contributed by atoms with Crippen molar-refractivity contribution < 1.29 is 23.6 Å². The molecule has 1 atom stereocenters. The molecule has 0 saturated carbocycles. The number of carbonyl (C=O) groups is 1. The maximum atomic E-state index is 13.6. The van der Waals surface area contributed by atoms with E-state index in [1.165, 1.54) is 18.2 Å². The average molecular weight is 280 g/mol. The highest BCUT2D eigenvalue weighted by Gasteiger charge is 2.33. The second-order valence-electron chi connectivity index (χ2n) is 4.96. The Morgan fingerprint density at radius 2 is 2.30 bits per heavy atom. The summed E-state index contributed by atoms with van der Waals surface area (Å²) in [5.41, 5.74) is 0.178. The van der Waals surface area contributed by atoms with E-state index in [9.17, 15) is 9.18 Å². The first-order valence-corrected chi connectivity index (χ1v) is 6.91. The Hall–Kier alpha value is -1.40. The van der Waals surface area contributed by atoms with Crippen LogP contribution in [0.15, 0.2) is 18.2 Å². The lowest BCUT2D eigenvalue weighted by Crippen LogP contribution is -2.33. The summed E-state index contributed by atoms with van der Waals surface area (Å²) in [6.07, 6.45) is 4.36. The van der Waals surface area contributed by atoms with Crippen molar-refractivity contribution in [3.8, 4) is 0 Å². The van der Waals surface area contributed by atoms with Gasteiger partial charge in [-0.05, 0) is 24.0 Å². The zero-order valence-corrected chi connectivity index (χ0v) is 11.5. The van der Waals surface area contributed by atoms with Gasteiger partial charge in [0.15, 0.2) is 0 Å². The fourth-order valence-corrected chi connectivity index (χ4v) is 2.25. The molecule has 108 valence electrons. The van der Waals surface area contributed by atoms with Crippen LogP contribution in [0.3, 0.4) is 0 Å². The quantitative estimate of drug-likeness (QED) is 0.641. The van der Waals surface area contributed by atoms with E-state index in [-0.39, 0.29) is 11.7 Å². The first-order chi connectivity index (χ1) is 9.61. The number of benzene rings is 1. The Morgan fingerprint density at radius 1 is 1.50 bits per heavy atom. The van der Waals surface area contributed by atoms with Crippen molar-refractivity contribution in [1.82, 2.24) is 0 Å². The van der Waals surface area contributed by atoms with Crippen molar-refractivity contribution in [2.24, 2.45) is 0 Å². The van der Waals surface area contributed by atoms with E-state index in [1.54, 1.807) is 0 Å². The summed E-state index contributed by atoms with van der Waals surface area (Å²) in [7, 11) is -0.598. The Kier molecular flexibility index (Phi) is 5.14. The van der Waals surface area contributed by atoms with Crippen LogP contribution in [-0.4, -0.2) is 30.9 Å². The van der Waals surface area contributed by atoms with Crippen LogP contribution in [0.2, 0.25) is 0 Å². The molecule has 4 nitrogen and oxygen atoms in total. The number of carboxylic acids is 1. The number of unbranched alkanes of at least 4 members (excludes halogenated alkanes) is 2. The van der Waals surface area contributed by atoms with Crippen molar-refractivity contribution in [3.63, 3.8) is 0 Å². The van der Waals surface area contributed by atoms with Crippen molar-refractivity contribution >= 4 is 18.6 Å². The lowest BCUT2D eigenvalue weighted by Gasteiger charge is -2.09. The SMILES string of the molecule is CCCCCC1COB(c2ccc(C(=O)O)c(F)c2)O1. The fraction of sp³-hybridized carbons (Fsp3) is 0.500. The van der Waals surface area contributed by atoms with Gasteiger partial charge >= 0.3 is 13.1 Å². The lowest BCUT2D eigenvalue weighted by molar-refractivity contribution is 0.0692. The Labute approximate surface area is 118 Å². The summed E-state index contributed by atoms with van der Waals surface area (Å²) < 4.78 is 24.8. The Bertz CT molecular complexity index is 480. The molecule has 0 amide bonds. The first-order valence-electron chi connectivity index (χ1n) is 6.91. The molecule has 1 aromatic carbocycles. The number of hydrogen-bond donors (Lipinski definition) is 1. The first kappa shape index (κ1) is 15.0. The zero-order chi connectivity index (χ0) is 14.5. The minimum Gasteiger partial charge on any atom is -0.478 e. The van der Waals surface area contributed by atoms with Crippen molar-refractivity contribution in [2.45, 2.75) is 38.7 Å². The Morgan fingerprint density at radius 3 is 2.95 bits per heavy atom. The standard InChI is InChI=1S/C14H18BFO4/c1-2-3-4-5-11-9-19-15(20-11)10-6-7-12(14(17)18)13(16)8-10/h6-8,11H,2-5,9H2,1H3,(H,17,18). The molecule has 1 saturated heterocycles. The van der Waals surface area contributed by atoms with Crippen LogP contribution in [0, 0.1) is 5.82 Å². The predicted octanol–water partition coefficient (Wildman–Crippen LogP) is 2.21. The van der Waals surface area contributed by atoms with E-state index in [0.717, 1.165) is 25.7 Å². The molecule has 1 aromatic rings. The van der Waals surface area contributed by atoms with Gasteiger partial charge in [-0.2, -0.15) is 0 Å². The molecule has 1 N–H and O–H groups in total. The molecule has 0 aliphatic carbocycles. The molecule has 0 spiro atoms. The van der Waals surface area contributed by atoms with Gasteiger partial charge < -0.3 is 14.4 Å². The van der Waals surface area contributed by atoms with Gasteiger partial charge in [0, 0.05) is 0 Å². The van der Waals surface area contributed by atoms with Crippen LogP contribution in [-0.2, 0) is 9.31 Å². The highest BCUT2D eigenvalue weighted by Crippen LogP contribution is 2.16. The van der Waals surface area contributed by atoms with Crippen LogP contribution in [0.25, 0.3) is 0 Å². The minimum absolute atomic E-state index is 0.0359. The Balaban J connectivity index is 1.96. The summed E-state index contributed by atoms with van der Waals surface area (Å²) in [6.45, 7) is 2.64. The molecule has 1 aliphatic heterocycles. The molecule has 1 unspecified atom stereocenters. The average Bonchev–Trinajstić information content (AvgIpc) is 2.87. The molecule has 1 heterocycles. The van der Waals surface area contributed by atoms with Gasteiger partial charge in [0.2, 0.25) is 0 Å².